The van der Waals surface area contributed by atoms with Crippen molar-refractivity contribution in [2.24, 2.45) is 5.92 Å². The van der Waals surface area contributed by atoms with Crippen LogP contribution < -0.4 is 5.32 Å². The van der Waals surface area contributed by atoms with Gasteiger partial charge in [0.25, 0.3) is 0 Å². The van der Waals surface area contributed by atoms with Crippen LogP contribution in [0, 0.1) is 5.92 Å². The Hall–Kier alpha value is -1.16. The molecule has 1 heterocycles. The molecule has 4 heteroatoms. The highest BCUT2D eigenvalue weighted by Crippen LogP contribution is 2.34. The molecular weight excluding hydrogens is 272 g/mol. The van der Waals surface area contributed by atoms with Gasteiger partial charge in [0, 0.05) is 30.1 Å². The van der Waals surface area contributed by atoms with Gasteiger partial charge < -0.3 is 10.4 Å². The van der Waals surface area contributed by atoms with E-state index in [0.717, 1.165) is 22.9 Å². The van der Waals surface area contributed by atoms with Crippen LogP contribution in [0.1, 0.15) is 24.8 Å². The van der Waals surface area contributed by atoms with E-state index in [4.69, 9.17) is 16.7 Å². The van der Waals surface area contributed by atoms with Crippen LogP contribution in [-0.2, 0) is 6.54 Å². The second kappa shape index (κ2) is 6.08. The number of hydrogen-bond donors (Lipinski definition) is 2. The first kappa shape index (κ1) is 13.8. The molecule has 2 N–H and O–H groups in total. The first-order valence-electron chi connectivity index (χ1n) is 7.16. The maximum atomic E-state index is 9.13. The number of rotatable bonds is 6. The average Bonchev–Trinajstić information content (AvgIpc) is 3.28. The van der Waals surface area contributed by atoms with Gasteiger partial charge in [0.05, 0.1) is 5.52 Å². The molecule has 1 aliphatic carbocycles. The van der Waals surface area contributed by atoms with Gasteiger partial charge in [-0.3, -0.25) is 0 Å². The molecule has 1 atom stereocenters. The number of pyridine rings is 1. The fourth-order valence-corrected chi connectivity index (χ4v) is 2.86. The molecule has 0 saturated heterocycles. The molecule has 106 valence electrons. The molecule has 3 rings (SSSR count). The van der Waals surface area contributed by atoms with E-state index in [1.807, 2.05) is 24.3 Å². The monoisotopic (exact) mass is 290 g/mol. The first-order chi connectivity index (χ1) is 9.78. The number of halogens is 1. The third kappa shape index (κ3) is 3.11. The Balaban J connectivity index is 1.74. The zero-order chi connectivity index (χ0) is 13.9. The molecule has 2 aromatic rings. The molecule has 0 aliphatic heterocycles. The van der Waals surface area contributed by atoms with Crippen LogP contribution in [0.4, 0.5) is 0 Å². The lowest BCUT2D eigenvalue weighted by atomic mass is 10.1. The Kier molecular flexibility index (Phi) is 4.20. The van der Waals surface area contributed by atoms with Gasteiger partial charge in [-0.05, 0) is 37.3 Å². The van der Waals surface area contributed by atoms with E-state index in [2.05, 4.69) is 16.4 Å². The van der Waals surface area contributed by atoms with Crippen LogP contribution in [-0.4, -0.2) is 22.7 Å². The van der Waals surface area contributed by atoms with Crippen molar-refractivity contribution in [3.63, 3.8) is 0 Å². The molecule has 1 saturated carbocycles. The Labute approximate surface area is 124 Å². The van der Waals surface area contributed by atoms with Crippen LogP contribution >= 0.6 is 11.6 Å². The minimum Gasteiger partial charge on any atom is -0.396 e. The highest BCUT2D eigenvalue weighted by atomic mass is 35.5. The summed E-state index contributed by atoms with van der Waals surface area (Å²) in [6.45, 7) is 0.940. The number of nitrogens with zero attached hydrogens (tertiary/aromatic N) is 1. The van der Waals surface area contributed by atoms with E-state index in [0.29, 0.717) is 23.7 Å². The minimum absolute atomic E-state index is 0.234. The number of benzene rings is 1. The molecule has 1 aromatic heterocycles. The topological polar surface area (TPSA) is 45.1 Å². The molecule has 0 spiro atoms. The van der Waals surface area contributed by atoms with Gasteiger partial charge >= 0.3 is 0 Å². The summed E-state index contributed by atoms with van der Waals surface area (Å²) < 4.78 is 0. The summed E-state index contributed by atoms with van der Waals surface area (Å²) in [5, 5.41) is 14.3. The zero-order valence-corrected chi connectivity index (χ0v) is 12.1. The van der Waals surface area contributed by atoms with Gasteiger partial charge in [-0.1, -0.05) is 29.8 Å². The SMILES string of the molecule is OCCC(NCc1cc2ccccc2nc1Cl)C1CC1. The molecule has 0 radical (unpaired) electrons. The van der Waals surface area contributed by atoms with Crippen molar-refractivity contribution in [3.05, 3.63) is 41.0 Å². The third-order valence-electron chi connectivity index (χ3n) is 3.94. The van der Waals surface area contributed by atoms with E-state index >= 15 is 0 Å². The first-order valence-corrected chi connectivity index (χ1v) is 7.54. The van der Waals surface area contributed by atoms with Crippen LogP contribution in [0.2, 0.25) is 5.15 Å². The van der Waals surface area contributed by atoms with E-state index in [-0.39, 0.29) is 6.61 Å². The zero-order valence-electron chi connectivity index (χ0n) is 11.3. The predicted molar refractivity (Wildman–Crippen MR) is 81.8 cm³/mol. The second-order valence-corrected chi connectivity index (χ2v) is 5.83. The van der Waals surface area contributed by atoms with Crippen molar-refractivity contribution in [1.82, 2.24) is 10.3 Å². The number of aliphatic hydroxyl groups excluding tert-OH is 1. The fourth-order valence-electron chi connectivity index (χ4n) is 2.64. The molecule has 0 amide bonds. The molecule has 20 heavy (non-hydrogen) atoms. The van der Waals surface area contributed by atoms with Crippen LogP contribution in [0.15, 0.2) is 30.3 Å². The highest BCUT2D eigenvalue weighted by molar-refractivity contribution is 6.30. The lowest BCUT2D eigenvalue weighted by Crippen LogP contribution is -2.31. The lowest BCUT2D eigenvalue weighted by molar-refractivity contribution is 0.256. The standard InChI is InChI=1S/C16H19ClN2O/c17-16-13(9-12-3-1-2-4-15(12)19-16)10-18-14(7-8-20)11-5-6-11/h1-4,9,11,14,18,20H,5-8,10H2. The van der Waals surface area contributed by atoms with Gasteiger partial charge in [-0.25, -0.2) is 4.98 Å². The van der Waals surface area contributed by atoms with Crippen molar-refractivity contribution < 1.29 is 5.11 Å². The van der Waals surface area contributed by atoms with Crippen LogP contribution in [0.3, 0.4) is 0 Å². The number of fused-ring (bicyclic) bond motifs is 1. The lowest BCUT2D eigenvalue weighted by Gasteiger charge is -2.17. The minimum atomic E-state index is 0.234. The molecular formula is C16H19ClN2O. The maximum Gasteiger partial charge on any atom is 0.134 e. The maximum absolute atomic E-state index is 9.13. The molecule has 1 fully saturated rings. The summed E-state index contributed by atoms with van der Waals surface area (Å²) >= 11 is 6.26. The molecule has 1 aliphatic rings. The average molecular weight is 291 g/mol. The van der Waals surface area contributed by atoms with E-state index in [1.54, 1.807) is 0 Å². The van der Waals surface area contributed by atoms with Gasteiger partial charge in [0.15, 0.2) is 0 Å². The van der Waals surface area contributed by atoms with E-state index in [1.165, 1.54) is 12.8 Å². The molecule has 0 bridgehead atoms. The number of hydrogen-bond acceptors (Lipinski definition) is 3. The molecule has 1 unspecified atom stereocenters. The van der Waals surface area contributed by atoms with Crippen molar-refractivity contribution in [3.8, 4) is 0 Å². The summed E-state index contributed by atoms with van der Waals surface area (Å²) in [5.41, 5.74) is 1.95. The quantitative estimate of drug-likeness (QED) is 0.804. The molecule has 3 nitrogen and oxygen atoms in total. The van der Waals surface area contributed by atoms with Crippen molar-refractivity contribution in [1.29, 1.82) is 0 Å². The van der Waals surface area contributed by atoms with Gasteiger partial charge in [-0.2, -0.15) is 0 Å². The van der Waals surface area contributed by atoms with Gasteiger partial charge in [-0.15, -0.1) is 0 Å². The summed E-state index contributed by atoms with van der Waals surface area (Å²) in [4.78, 5) is 4.44. The summed E-state index contributed by atoms with van der Waals surface area (Å²) in [5.74, 6) is 0.717. The van der Waals surface area contributed by atoms with Crippen molar-refractivity contribution in [2.75, 3.05) is 6.61 Å². The van der Waals surface area contributed by atoms with E-state index in [9.17, 15) is 0 Å². The second-order valence-electron chi connectivity index (χ2n) is 5.47. The molecule has 1 aromatic carbocycles. The largest absolute Gasteiger partial charge is 0.396 e. The smallest absolute Gasteiger partial charge is 0.134 e. The van der Waals surface area contributed by atoms with Crippen molar-refractivity contribution in [2.45, 2.75) is 31.8 Å². The van der Waals surface area contributed by atoms with E-state index < -0.39 is 0 Å². The number of aromatic nitrogens is 1. The number of nitrogens with one attached hydrogen (secondary N) is 1. The fraction of sp³-hybridized carbons (Fsp3) is 0.438. The Bertz CT molecular complexity index is 598. The highest BCUT2D eigenvalue weighted by Gasteiger charge is 2.30. The van der Waals surface area contributed by atoms with Gasteiger partial charge in [0.2, 0.25) is 0 Å². The Morgan fingerprint density at radius 2 is 2.15 bits per heavy atom. The van der Waals surface area contributed by atoms with Crippen LogP contribution in [0.25, 0.3) is 10.9 Å². The van der Waals surface area contributed by atoms with Crippen LogP contribution in [0.5, 0.6) is 0 Å². The Morgan fingerprint density at radius 1 is 1.35 bits per heavy atom. The third-order valence-corrected chi connectivity index (χ3v) is 4.26. The number of para-hydroxylation sites is 1. The normalized spacial score (nSPS) is 16.5. The number of aliphatic hydroxyl groups is 1. The Morgan fingerprint density at radius 3 is 2.90 bits per heavy atom. The van der Waals surface area contributed by atoms with Crippen molar-refractivity contribution >= 4 is 22.5 Å². The summed E-state index contributed by atoms with van der Waals surface area (Å²) in [6, 6.07) is 10.5. The predicted octanol–water partition coefficient (Wildman–Crippen LogP) is 3.14. The van der Waals surface area contributed by atoms with Gasteiger partial charge in [0.1, 0.15) is 5.15 Å². The summed E-state index contributed by atoms with van der Waals surface area (Å²) in [7, 11) is 0. The summed E-state index contributed by atoms with van der Waals surface area (Å²) in [6.07, 6.45) is 3.34.